The molecule has 4 nitrogen and oxygen atoms in total. The predicted molar refractivity (Wildman–Crippen MR) is 117 cm³/mol. The smallest absolute Gasteiger partial charge is 0.275 e. The molecule has 0 atom stereocenters. The van der Waals surface area contributed by atoms with E-state index >= 15 is 0 Å². The van der Waals surface area contributed by atoms with E-state index in [0.29, 0.717) is 19.5 Å². The molecule has 2 aromatic heterocycles. The Morgan fingerprint density at radius 1 is 1.11 bits per heavy atom. The molecule has 0 aliphatic heterocycles. The van der Waals surface area contributed by atoms with Gasteiger partial charge in [-0.05, 0) is 67.7 Å². The number of fused-ring (bicyclic) bond motifs is 1. The monoisotopic (exact) mass is 429 g/mol. The van der Waals surface area contributed by atoms with Crippen molar-refractivity contribution >= 4 is 45.7 Å². The summed E-state index contributed by atoms with van der Waals surface area (Å²) >= 11 is 8.03. The van der Waals surface area contributed by atoms with Crippen LogP contribution < -0.4 is 5.56 Å². The molecule has 2 aromatic carbocycles. The average Bonchev–Trinajstić information content (AvgIpc) is 3.01. The molecule has 0 N–H and O–H groups in total. The van der Waals surface area contributed by atoms with Gasteiger partial charge in [-0.25, -0.2) is 9.37 Å². The number of rotatable bonds is 3. The summed E-state index contributed by atoms with van der Waals surface area (Å²) in [4.78, 5) is 18.0. The summed E-state index contributed by atoms with van der Waals surface area (Å²) in [5.74, 6) is -0.474. The molecule has 4 rings (SSSR count). The number of halogens is 1. The first-order valence-electron chi connectivity index (χ1n) is 8.47. The zero-order valence-electron chi connectivity index (χ0n) is 15.4. The molecule has 0 aliphatic carbocycles. The van der Waals surface area contributed by atoms with E-state index in [1.54, 1.807) is 18.2 Å². The minimum atomic E-state index is -0.474. The Hall–Kier alpha value is -2.29. The standard InChI is InChI=1S/C20H16FN3OS3/c1-11-8-9-13(10-12(11)2)23-17-16(28-20(23)26)18(25)24(19(22-17)27-3)15-7-5-4-6-14(15)21/h4-10H,1-3H3. The van der Waals surface area contributed by atoms with Gasteiger partial charge in [-0.1, -0.05) is 41.3 Å². The SMILES string of the molecule is CSc1nc2c(sc(=S)n2-c2ccc(C)c(C)c2)c(=O)n1-c1ccccc1F. The maximum absolute atomic E-state index is 14.4. The summed E-state index contributed by atoms with van der Waals surface area (Å²) in [6.45, 7) is 4.07. The molecule has 28 heavy (non-hydrogen) atoms. The molecular weight excluding hydrogens is 413 g/mol. The normalized spacial score (nSPS) is 11.3. The molecule has 0 amide bonds. The molecular formula is C20H16FN3OS3. The number of nitrogens with zero attached hydrogens (tertiary/aromatic N) is 3. The van der Waals surface area contributed by atoms with Crippen molar-refractivity contribution in [3.05, 3.63) is 73.7 Å². The maximum Gasteiger partial charge on any atom is 0.278 e. The van der Waals surface area contributed by atoms with Gasteiger partial charge in [-0.15, -0.1) is 0 Å². The molecule has 2 heterocycles. The molecule has 0 spiro atoms. The lowest BCUT2D eigenvalue weighted by Crippen LogP contribution is -2.22. The van der Waals surface area contributed by atoms with E-state index in [0.717, 1.165) is 11.3 Å². The first kappa shape index (κ1) is 19.0. The van der Waals surface area contributed by atoms with Gasteiger partial charge in [-0.3, -0.25) is 13.9 Å². The van der Waals surface area contributed by atoms with Crippen molar-refractivity contribution in [2.75, 3.05) is 6.26 Å². The second kappa shape index (κ2) is 7.27. The van der Waals surface area contributed by atoms with Gasteiger partial charge >= 0.3 is 0 Å². The van der Waals surface area contributed by atoms with E-state index < -0.39 is 5.82 Å². The van der Waals surface area contributed by atoms with Crippen molar-refractivity contribution in [2.24, 2.45) is 0 Å². The fourth-order valence-corrected chi connectivity index (χ4v) is 4.86. The number of hydrogen-bond acceptors (Lipinski definition) is 5. The lowest BCUT2D eigenvalue weighted by atomic mass is 10.1. The number of thiazole rings is 1. The second-order valence-electron chi connectivity index (χ2n) is 6.32. The van der Waals surface area contributed by atoms with Gasteiger partial charge in [0.05, 0.1) is 5.69 Å². The number of aryl methyl sites for hydroxylation is 2. The number of aromatic nitrogens is 3. The second-order valence-corrected chi connectivity index (χ2v) is 8.73. The zero-order valence-corrected chi connectivity index (χ0v) is 17.8. The van der Waals surface area contributed by atoms with Crippen LogP contribution in [0.15, 0.2) is 52.4 Å². The third-order valence-electron chi connectivity index (χ3n) is 4.60. The third-order valence-corrected chi connectivity index (χ3v) is 6.59. The minimum Gasteiger partial charge on any atom is -0.275 e. The fourth-order valence-electron chi connectivity index (χ4n) is 3.01. The molecule has 8 heteroatoms. The Bertz CT molecular complexity index is 1340. The molecule has 0 radical (unpaired) electrons. The Morgan fingerprint density at radius 3 is 2.54 bits per heavy atom. The Balaban J connectivity index is 2.08. The van der Waals surface area contributed by atoms with Gasteiger partial charge in [0.15, 0.2) is 14.8 Å². The first-order chi connectivity index (χ1) is 13.4. The van der Waals surface area contributed by atoms with Crippen molar-refractivity contribution in [3.63, 3.8) is 0 Å². The van der Waals surface area contributed by atoms with E-state index in [1.165, 1.54) is 39.3 Å². The molecule has 0 fully saturated rings. The van der Waals surface area contributed by atoms with Crippen molar-refractivity contribution in [1.29, 1.82) is 0 Å². The summed E-state index contributed by atoms with van der Waals surface area (Å²) in [6, 6.07) is 12.2. The van der Waals surface area contributed by atoms with Crippen LogP contribution in [0.3, 0.4) is 0 Å². The predicted octanol–water partition coefficient (Wildman–Crippen LogP) is 5.45. The van der Waals surface area contributed by atoms with Crippen molar-refractivity contribution in [1.82, 2.24) is 14.1 Å². The topological polar surface area (TPSA) is 39.8 Å². The van der Waals surface area contributed by atoms with Crippen LogP contribution in [-0.4, -0.2) is 20.4 Å². The van der Waals surface area contributed by atoms with Crippen LogP contribution in [0.4, 0.5) is 4.39 Å². The average molecular weight is 430 g/mol. The summed E-state index contributed by atoms with van der Waals surface area (Å²) in [6.07, 6.45) is 1.81. The highest BCUT2D eigenvalue weighted by Gasteiger charge is 2.19. The van der Waals surface area contributed by atoms with Crippen LogP contribution in [0.25, 0.3) is 21.7 Å². The molecule has 0 unspecified atom stereocenters. The number of para-hydroxylation sites is 1. The van der Waals surface area contributed by atoms with Crippen LogP contribution in [0, 0.1) is 23.6 Å². The highest BCUT2D eigenvalue weighted by Crippen LogP contribution is 2.27. The van der Waals surface area contributed by atoms with Gasteiger partial charge in [0.2, 0.25) is 0 Å². The molecule has 142 valence electrons. The van der Waals surface area contributed by atoms with E-state index in [-0.39, 0.29) is 11.2 Å². The number of thioether (sulfide) groups is 1. The van der Waals surface area contributed by atoms with Crippen molar-refractivity contribution in [2.45, 2.75) is 19.0 Å². The molecule has 0 bridgehead atoms. The minimum absolute atomic E-state index is 0.184. The largest absolute Gasteiger partial charge is 0.278 e. The Morgan fingerprint density at radius 2 is 1.86 bits per heavy atom. The van der Waals surface area contributed by atoms with E-state index in [4.69, 9.17) is 12.2 Å². The van der Waals surface area contributed by atoms with Crippen LogP contribution in [0.5, 0.6) is 0 Å². The summed E-state index contributed by atoms with van der Waals surface area (Å²) in [5.41, 5.74) is 3.53. The summed E-state index contributed by atoms with van der Waals surface area (Å²) in [7, 11) is 0. The molecule has 0 aliphatic rings. The number of hydrogen-bond donors (Lipinski definition) is 0. The van der Waals surface area contributed by atoms with E-state index in [9.17, 15) is 9.18 Å². The van der Waals surface area contributed by atoms with Gasteiger partial charge in [0.1, 0.15) is 10.5 Å². The first-order valence-corrected chi connectivity index (χ1v) is 10.9. The number of benzene rings is 2. The Labute approximate surface area is 174 Å². The van der Waals surface area contributed by atoms with Gasteiger partial charge in [-0.2, -0.15) is 0 Å². The van der Waals surface area contributed by atoms with E-state index in [2.05, 4.69) is 4.98 Å². The van der Waals surface area contributed by atoms with Gasteiger partial charge in [0, 0.05) is 5.69 Å². The molecule has 0 saturated heterocycles. The zero-order chi connectivity index (χ0) is 20.0. The quantitative estimate of drug-likeness (QED) is 0.247. The van der Waals surface area contributed by atoms with Gasteiger partial charge < -0.3 is 0 Å². The highest BCUT2D eigenvalue weighted by atomic mass is 32.2. The van der Waals surface area contributed by atoms with Crippen molar-refractivity contribution in [3.8, 4) is 11.4 Å². The van der Waals surface area contributed by atoms with Crippen molar-refractivity contribution < 1.29 is 4.39 Å². The third kappa shape index (κ3) is 3.01. The summed E-state index contributed by atoms with van der Waals surface area (Å²) in [5, 5.41) is 0.410. The molecule has 0 saturated carbocycles. The fraction of sp³-hybridized carbons (Fsp3) is 0.150. The summed E-state index contributed by atoms with van der Waals surface area (Å²) < 4.78 is 18.5. The van der Waals surface area contributed by atoms with E-state index in [1.807, 2.05) is 42.9 Å². The highest BCUT2D eigenvalue weighted by molar-refractivity contribution is 7.98. The van der Waals surface area contributed by atoms with Crippen LogP contribution >= 0.6 is 35.3 Å². The van der Waals surface area contributed by atoms with Gasteiger partial charge in [0.25, 0.3) is 5.56 Å². The van der Waals surface area contributed by atoms with Crippen LogP contribution in [-0.2, 0) is 0 Å². The molecule has 4 aromatic rings. The maximum atomic E-state index is 14.4. The lowest BCUT2D eigenvalue weighted by molar-refractivity contribution is 0.608. The Kier molecular flexibility index (Phi) is 4.95. The van der Waals surface area contributed by atoms with Crippen LogP contribution in [0.1, 0.15) is 11.1 Å². The van der Waals surface area contributed by atoms with Crippen LogP contribution in [0.2, 0.25) is 0 Å². The lowest BCUT2D eigenvalue weighted by Gasteiger charge is -2.12.